The van der Waals surface area contributed by atoms with Gasteiger partial charge in [-0.15, -0.1) is 0 Å². The van der Waals surface area contributed by atoms with E-state index in [0.29, 0.717) is 0 Å². The number of likely N-dealkylation sites (N-methyl/N-ethyl adjacent to an activating group) is 1. The molecule has 0 amide bonds. The summed E-state index contributed by atoms with van der Waals surface area (Å²) in [6.45, 7) is 2.82. The third-order valence-corrected chi connectivity index (χ3v) is 3.06. The number of rotatable bonds is 6. The minimum Gasteiger partial charge on any atom is -0.468 e. The van der Waals surface area contributed by atoms with Crippen LogP contribution in [0, 0.1) is 0 Å². The number of hydrogen-bond donors (Lipinski definition) is 1. The smallest absolute Gasteiger partial charge is 0.129 e. The maximum Gasteiger partial charge on any atom is 0.129 e. The molecular weight excluding hydrogens is 240 g/mol. The van der Waals surface area contributed by atoms with Crippen LogP contribution < -0.4 is 5.32 Å². The Bertz CT molecular complexity index is 496. The largest absolute Gasteiger partial charge is 0.468 e. The molecule has 0 aliphatic rings. The van der Waals surface area contributed by atoms with E-state index in [1.807, 2.05) is 32.3 Å². The van der Waals surface area contributed by atoms with E-state index in [-0.39, 0.29) is 6.04 Å². The molecule has 19 heavy (non-hydrogen) atoms. The Hall–Kier alpha value is -1.88. The number of aromatic nitrogens is 2. The Labute approximate surface area is 113 Å². The summed E-state index contributed by atoms with van der Waals surface area (Å²) in [4.78, 5) is 10.5. The number of nitrogens with zero attached hydrogens (tertiary/aromatic N) is 3. The highest BCUT2D eigenvalue weighted by atomic mass is 16.3. The molecule has 0 aliphatic carbocycles. The van der Waals surface area contributed by atoms with Gasteiger partial charge in [0.15, 0.2) is 0 Å². The molecule has 0 aromatic carbocycles. The van der Waals surface area contributed by atoms with Crippen LogP contribution in [0.25, 0.3) is 0 Å². The zero-order chi connectivity index (χ0) is 13.7. The molecule has 102 valence electrons. The normalized spacial score (nSPS) is 12.6. The minimum absolute atomic E-state index is 0.176. The molecule has 5 heteroatoms. The minimum atomic E-state index is 0.176. The first kappa shape index (κ1) is 13.5. The van der Waals surface area contributed by atoms with Gasteiger partial charge in [0.2, 0.25) is 0 Å². The van der Waals surface area contributed by atoms with E-state index in [0.717, 1.165) is 30.2 Å². The van der Waals surface area contributed by atoms with E-state index in [1.54, 1.807) is 12.6 Å². The van der Waals surface area contributed by atoms with Crippen molar-refractivity contribution in [3.8, 4) is 0 Å². The van der Waals surface area contributed by atoms with Crippen LogP contribution in [0.2, 0.25) is 0 Å². The number of aryl methyl sites for hydroxylation is 1. The molecule has 0 spiro atoms. The molecule has 0 saturated heterocycles. The lowest BCUT2D eigenvalue weighted by Crippen LogP contribution is -2.26. The second kappa shape index (κ2) is 6.33. The number of furan rings is 1. The van der Waals surface area contributed by atoms with Gasteiger partial charge in [-0.05, 0) is 32.6 Å². The Kier molecular flexibility index (Phi) is 4.52. The van der Waals surface area contributed by atoms with E-state index in [4.69, 9.17) is 4.42 Å². The van der Waals surface area contributed by atoms with Gasteiger partial charge in [-0.2, -0.15) is 0 Å². The average molecular weight is 260 g/mol. The van der Waals surface area contributed by atoms with Crippen LogP contribution in [0.1, 0.15) is 24.4 Å². The first-order chi connectivity index (χ1) is 9.20. The van der Waals surface area contributed by atoms with Crippen molar-refractivity contribution >= 4 is 5.82 Å². The van der Waals surface area contributed by atoms with E-state index < -0.39 is 0 Å². The van der Waals surface area contributed by atoms with Gasteiger partial charge in [0, 0.05) is 18.3 Å². The highest BCUT2D eigenvalue weighted by molar-refractivity contribution is 5.35. The fourth-order valence-electron chi connectivity index (χ4n) is 1.91. The quantitative estimate of drug-likeness (QED) is 0.864. The Morgan fingerprint density at radius 2 is 2.21 bits per heavy atom. The summed E-state index contributed by atoms with van der Waals surface area (Å²) in [5.74, 6) is 1.80. The van der Waals surface area contributed by atoms with Crippen LogP contribution in [0.3, 0.4) is 0 Å². The van der Waals surface area contributed by atoms with E-state index in [9.17, 15) is 0 Å². The summed E-state index contributed by atoms with van der Waals surface area (Å²) >= 11 is 0. The monoisotopic (exact) mass is 260 g/mol. The van der Waals surface area contributed by atoms with Gasteiger partial charge in [0.25, 0.3) is 0 Å². The van der Waals surface area contributed by atoms with E-state index in [2.05, 4.69) is 27.1 Å². The molecule has 2 aromatic rings. The lowest BCUT2D eigenvalue weighted by atomic mass is 10.2. The highest BCUT2D eigenvalue weighted by Crippen LogP contribution is 2.19. The molecule has 0 saturated carbocycles. The van der Waals surface area contributed by atoms with Gasteiger partial charge in [-0.25, -0.2) is 9.97 Å². The van der Waals surface area contributed by atoms with Crippen LogP contribution in [0.5, 0.6) is 0 Å². The predicted octanol–water partition coefficient (Wildman–Crippen LogP) is 2.35. The van der Waals surface area contributed by atoms with Gasteiger partial charge in [-0.1, -0.05) is 6.92 Å². The van der Waals surface area contributed by atoms with Gasteiger partial charge in [0.1, 0.15) is 17.9 Å². The second-order valence-electron chi connectivity index (χ2n) is 4.62. The lowest BCUT2D eigenvalue weighted by Gasteiger charge is -2.22. The molecule has 2 rings (SSSR count). The molecular formula is C14H20N4O. The maximum absolute atomic E-state index is 5.48. The molecule has 0 unspecified atom stereocenters. The highest BCUT2D eigenvalue weighted by Gasteiger charge is 2.16. The molecule has 2 aromatic heterocycles. The molecule has 1 N–H and O–H groups in total. The number of nitrogens with one attached hydrogen (secondary N) is 1. The van der Waals surface area contributed by atoms with Gasteiger partial charge in [-0.3, -0.25) is 4.90 Å². The van der Waals surface area contributed by atoms with Gasteiger partial charge in [0.05, 0.1) is 12.3 Å². The van der Waals surface area contributed by atoms with Crippen molar-refractivity contribution in [1.29, 1.82) is 0 Å². The predicted molar refractivity (Wildman–Crippen MR) is 75.0 cm³/mol. The molecule has 1 atom stereocenters. The van der Waals surface area contributed by atoms with E-state index in [1.165, 1.54) is 0 Å². The third-order valence-electron chi connectivity index (χ3n) is 3.06. The summed E-state index contributed by atoms with van der Waals surface area (Å²) in [5.41, 5.74) is 1.04. The number of anilines is 1. The zero-order valence-electron chi connectivity index (χ0n) is 11.6. The Balaban J connectivity index is 2.02. The van der Waals surface area contributed by atoms with Crippen LogP contribution in [-0.2, 0) is 6.42 Å². The Morgan fingerprint density at radius 3 is 2.84 bits per heavy atom. The molecule has 0 bridgehead atoms. The maximum atomic E-state index is 5.48. The summed E-state index contributed by atoms with van der Waals surface area (Å²) in [6.07, 6.45) is 4.21. The first-order valence-corrected chi connectivity index (χ1v) is 6.45. The van der Waals surface area contributed by atoms with Crippen molar-refractivity contribution in [2.24, 2.45) is 0 Å². The summed E-state index contributed by atoms with van der Waals surface area (Å²) in [5, 5.41) is 3.34. The van der Waals surface area contributed by atoms with Crippen LogP contribution in [-0.4, -0.2) is 35.5 Å². The van der Waals surface area contributed by atoms with Crippen LogP contribution in [0.4, 0.5) is 5.82 Å². The van der Waals surface area contributed by atoms with Gasteiger partial charge < -0.3 is 9.73 Å². The summed E-state index contributed by atoms with van der Waals surface area (Å²) < 4.78 is 5.48. The third kappa shape index (κ3) is 3.54. The van der Waals surface area contributed by atoms with Crippen molar-refractivity contribution < 1.29 is 4.42 Å². The SMILES string of the molecule is CCc1cc(NC[C@H](c2ccco2)N(C)C)ncn1. The standard InChI is InChI=1S/C14H20N4O/c1-4-11-8-14(17-10-16-11)15-9-12(18(2)3)13-6-5-7-19-13/h5-8,10,12H,4,9H2,1-3H3,(H,15,16,17)/t12-/m1/s1. The second-order valence-corrected chi connectivity index (χ2v) is 4.62. The fourth-order valence-corrected chi connectivity index (χ4v) is 1.91. The molecule has 0 aliphatic heterocycles. The fraction of sp³-hybridized carbons (Fsp3) is 0.429. The molecule has 5 nitrogen and oxygen atoms in total. The van der Waals surface area contributed by atoms with Crippen LogP contribution >= 0.6 is 0 Å². The van der Waals surface area contributed by atoms with Crippen LogP contribution in [0.15, 0.2) is 35.2 Å². The molecule has 2 heterocycles. The Morgan fingerprint density at radius 1 is 1.37 bits per heavy atom. The van der Waals surface area contributed by atoms with Crippen molar-refractivity contribution in [3.63, 3.8) is 0 Å². The zero-order valence-corrected chi connectivity index (χ0v) is 11.6. The lowest BCUT2D eigenvalue weighted by molar-refractivity contribution is 0.269. The van der Waals surface area contributed by atoms with E-state index >= 15 is 0 Å². The summed E-state index contributed by atoms with van der Waals surface area (Å²) in [6, 6.07) is 6.06. The topological polar surface area (TPSA) is 54.2 Å². The molecule has 0 radical (unpaired) electrons. The van der Waals surface area contributed by atoms with Crippen molar-refractivity contribution in [2.45, 2.75) is 19.4 Å². The van der Waals surface area contributed by atoms with Crippen molar-refractivity contribution in [2.75, 3.05) is 26.0 Å². The average Bonchev–Trinajstić information content (AvgIpc) is 2.93. The molecule has 0 fully saturated rings. The van der Waals surface area contributed by atoms with Crippen molar-refractivity contribution in [3.05, 3.63) is 42.2 Å². The van der Waals surface area contributed by atoms with Crippen molar-refractivity contribution in [1.82, 2.24) is 14.9 Å². The first-order valence-electron chi connectivity index (χ1n) is 6.45. The van der Waals surface area contributed by atoms with Gasteiger partial charge >= 0.3 is 0 Å². The number of hydrogen-bond acceptors (Lipinski definition) is 5. The summed E-state index contributed by atoms with van der Waals surface area (Å²) in [7, 11) is 4.07.